The standard InChI is InChI=1S/C25H31Cl2N3O2/c26-23-6-5-21(15-24(23)27)18-29-9-7-22(8-10-29)25(31)28-16-19-1-3-20(4-2-19)17-30-11-13-32-14-12-30/h1-6,15,22H,7-14,16-18H2,(H,28,31). The van der Waals surface area contributed by atoms with E-state index in [-0.39, 0.29) is 11.8 Å². The van der Waals surface area contributed by atoms with Crippen LogP contribution in [-0.2, 0) is 29.2 Å². The molecule has 2 fully saturated rings. The number of hydrogen-bond acceptors (Lipinski definition) is 4. The SMILES string of the molecule is O=C(NCc1ccc(CN2CCOCC2)cc1)C1CCN(Cc2ccc(Cl)c(Cl)c2)CC1. The van der Waals surface area contributed by atoms with Crippen LogP contribution in [-0.4, -0.2) is 55.1 Å². The van der Waals surface area contributed by atoms with Gasteiger partial charge in [-0.2, -0.15) is 0 Å². The van der Waals surface area contributed by atoms with E-state index in [4.69, 9.17) is 27.9 Å². The Bertz CT molecular complexity index is 893. The fraction of sp³-hybridized carbons (Fsp3) is 0.480. The summed E-state index contributed by atoms with van der Waals surface area (Å²) in [5.74, 6) is 0.247. The Hall–Kier alpha value is -1.63. The summed E-state index contributed by atoms with van der Waals surface area (Å²) in [7, 11) is 0. The lowest BCUT2D eigenvalue weighted by atomic mass is 9.95. The van der Waals surface area contributed by atoms with Gasteiger partial charge in [-0.1, -0.05) is 53.5 Å². The highest BCUT2D eigenvalue weighted by Crippen LogP contribution is 2.25. The number of carbonyl (C=O) groups excluding carboxylic acids is 1. The minimum Gasteiger partial charge on any atom is -0.379 e. The molecule has 2 aromatic carbocycles. The lowest BCUT2D eigenvalue weighted by molar-refractivity contribution is -0.126. The maximum Gasteiger partial charge on any atom is 0.223 e. The molecule has 0 bridgehead atoms. The second-order valence-electron chi connectivity index (χ2n) is 8.72. The molecule has 2 aromatic rings. The molecule has 4 rings (SSSR count). The highest BCUT2D eigenvalue weighted by atomic mass is 35.5. The van der Waals surface area contributed by atoms with Crippen molar-refractivity contribution in [2.24, 2.45) is 5.92 Å². The van der Waals surface area contributed by atoms with Gasteiger partial charge in [-0.05, 0) is 54.8 Å². The first-order valence-electron chi connectivity index (χ1n) is 11.4. The Kier molecular flexibility index (Phi) is 8.44. The zero-order valence-corrected chi connectivity index (χ0v) is 19.9. The molecule has 2 aliphatic heterocycles. The molecule has 5 nitrogen and oxygen atoms in total. The van der Waals surface area contributed by atoms with Gasteiger partial charge in [-0.3, -0.25) is 14.6 Å². The highest BCUT2D eigenvalue weighted by Gasteiger charge is 2.25. The van der Waals surface area contributed by atoms with E-state index in [0.29, 0.717) is 16.6 Å². The third kappa shape index (κ3) is 6.69. The third-order valence-corrected chi connectivity index (χ3v) is 7.09. The summed E-state index contributed by atoms with van der Waals surface area (Å²) >= 11 is 12.1. The maximum atomic E-state index is 12.7. The number of likely N-dealkylation sites (tertiary alicyclic amines) is 1. The summed E-state index contributed by atoms with van der Waals surface area (Å²) < 4.78 is 5.41. The maximum absolute atomic E-state index is 12.7. The number of ether oxygens (including phenoxy) is 1. The topological polar surface area (TPSA) is 44.8 Å². The number of rotatable bonds is 7. The van der Waals surface area contributed by atoms with Crippen LogP contribution in [0.1, 0.15) is 29.5 Å². The Labute approximate surface area is 200 Å². The molecular formula is C25H31Cl2N3O2. The minimum absolute atomic E-state index is 0.0839. The van der Waals surface area contributed by atoms with Gasteiger partial charge in [-0.25, -0.2) is 0 Å². The number of halogens is 2. The molecule has 1 N–H and O–H groups in total. The number of amides is 1. The summed E-state index contributed by atoms with van der Waals surface area (Å²) in [6.07, 6.45) is 1.76. The largest absolute Gasteiger partial charge is 0.379 e. The predicted octanol–water partition coefficient (Wildman–Crippen LogP) is 4.35. The quantitative estimate of drug-likeness (QED) is 0.646. The van der Waals surface area contributed by atoms with Gasteiger partial charge in [0, 0.05) is 38.6 Å². The van der Waals surface area contributed by atoms with E-state index < -0.39 is 0 Å². The lowest BCUT2D eigenvalue weighted by Gasteiger charge is -2.31. The van der Waals surface area contributed by atoms with Crippen LogP contribution in [0.2, 0.25) is 10.0 Å². The first kappa shape index (κ1) is 23.5. The van der Waals surface area contributed by atoms with E-state index in [0.717, 1.165) is 76.5 Å². The molecule has 0 spiro atoms. The lowest BCUT2D eigenvalue weighted by Crippen LogP contribution is -2.40. The Morgan fingerprint density at radius 1 is 0.844 bits per heavy atom. The van der Waals surface area contributed by atoms with Gasteiger partial charge in [0.05, 0.1) is 23.3 Å². The summed E-state index contributed by atoms with van der Waals surface area (Å²) in [6, 6.07) is 14.4. The molecule has 7 heteroatoms. The predicted molar refractivity (Wildman–Crippen MR) is 129 cm³/mol. The molecule has 32 heavy (non-hydrogen) atoms. The number of carbonyl (C=O) groups is 1. The molecule has 2 heterocycles. The average Bonchev–Trinajstić information content (AvgIpc) is 2.82. The van der Waals surface area contributed by atoms with Crippen molar-refractivity contribution >= 4 is 29.1 Å². The molecule has 1 amide bonds. The van der Waals surface area contributed by atoms with Gasteiger partial charge < -0.3 is 10.1 Å². The van der Waals surface area contributed by atoms with Crippen LogP contribution >= 0.6 is 23.2 Å². The van der Waals surface area contributed by atoms with Crippen molar-refractivity contribution in [1.82, 2.24) is 15.1 Å². The van der Waals surface area contributed by atoms with Crippen LogP contribution in [0.5, 0.6) is 0 Å². The molecule has 0 saturated carbocycles. The molecule has 0 radical (unpaired) electrons. The van der Waals surface area contributed by atoms with Crippen LogP contribution in [0, 0.1) is 5.92 Å². The molecule has 0 aliphatic carbocycles. The first-order valence-corrected chi connectivity index (χ1v) is 12.1. The van der Waals surface area contributed by atoms with Crippen molar-refractivity contribution < 1.29 is 9.53 Å². The Morgan fingerprint density at radius 3 is 2.12 bits per heavy atom. The number of nitrogens with one attached hydrogen (secondary N) is 1. The zero-order chi connectivity index (χ0) is 22.3. The van der Waals surface area contributed by atoms with E-state index >= 15 is 0 Å². The van der Waals surface area contributed by atoms with Crippen molar-refractivity contribution in [3.05, 3.63) is 69.2 Å². The number of benzene rings is 2. The Morgan fingerprint density at radius 2 is 1.44 bits per heavy atom. The molecule has 2 aliphatic rings. The molecule has 0 aromatic heterocycles. The van der Waals surface area contributed by atoms with E-state index in [1.807, 2.05) is 18.2 Å². The normalized spacial score (nSPS) is 18.6. The monoisotopic (exact) mass is 475 g/mol. The number of hydrogen-bond donors (Lipinski definition) is 1. The average molecular weight is 476 g/mol. The van der Waals surface area contributed by atoms with E-state index in [1.165, 1.54) is 5.56 Å². The van der Waals surface area contributed by atoms with Gasteiger partial charge in [0.1, 0.15) is 0 Å². The smallest absolute Gasteiger partial charge is 0.223 e. The second-order valence-corrected chi connectivity index (χ2v) is 9.54. The van der Waals surface area contributed by atoms with Gasteiger partial charge >= 0.3 is 0 Å². The first-order chi connectivity index (χ1) is 15.6. The van der Waals surface area contributed by atoms with Crippen molar-refractivity contribution in [1.29, 1.82) is 0 Å². The molecular weight excluding hydrogens is 445 g/mol. The highest BCUT2D eigenvalue weighted by molar-refractivity contribution is 6.42. The number of piperidine rings is 1. The third-order valence-electron chi connectivity index (χ3n) is 6.35. The zero-order valence-electron chi connectivity index (χ0n) is 18.4. The van der Waals surface area contributed by atoms with Crippen LogP contribution in [0.3, 0.4) is 0 Å². The van der Waals surface area contributed by atoms with E-state index in [1.54, 1.807) is 0 Å². The summed E-state index contributed by atoms with van der Waals surface area (Å²) in [5.41, 5.74) is 3.59. The molecule has 0 unspecified atom stereocenters. The van der Waals surface area contributed by atoms with Gasteiger partial charge in [-0.15, -0.1) is 0 Å². The van der Waals surface area contributed by atoms with Crippen molar-refractivity contribution in [2.75, 3.05) is 39.4 Å². The number of nitrogens with zero attached hydrogens (tertiary/aromatic N) is 2. The molecule has 2 saturated heterocycles. The minimum atomic E-state index is 0.0839. The van der Waals surface area contributed by atoms with Crippen molar-refractivity contribution in [3.63, 3.8) is 0 Å². The fourth-order valence-corrected chi connectivity index (χ4v) is 4.68. The van der Waals surface area contributed by atoms with Gasteiger partial charge in [0.15, 0.2) is 0 Å². The number of morpholine rings is 1. The van der Waals surface area contributed by atoms with Crippen LogP contribution < -0.4 is 5.32 Å². The van der Waals surface area contributed by atoms with Crippen LogP contribution in [0.4, 0.5) is 0 Å². The Balaban J connectivity index is 1.18. The van der Waals surface area contributed by atoms with Crippen LogP contribution in [0.15, 0.2) is 42.5 Å². The molecule has 0 atom stereocenters. The van der Waals surface area contributed by atoms with Crippen molar-refractivity contribution in [3.8, 4) is 0 Å². The molecule has 172 valence electrons. The van der Waals surface area contributed by atoms with E-state index in [2.05, 4.69) is 39.4 Å². The summed E-state index contributed by atoms with van der Waals surface area (Å²) in [5, 5.41) is 4.30. The van der Waals surface area contributed by atoms with Crippen molar-refractivity contribution in [2.45, 2.75) is 32.5 Å². The van der Waals surface area contributed by atoms with Gasteiger partial charge in [0.25, 0.3) is 0 Å². The van der Waals surface area contributed by atoms with Gasteiger partial charge in [0.2, 0.25) is 5.91 Å². The summed E-state index contributed by atoms with van der Waals surface area (Å²) in [6.45, 7) is 7.81. The second kappa shape index (κ2) is 11.5. The van der Waals surface area contributed by atoms with E-state index in [9.17, 15) is 4.79 Å². The van der Waals surface area contributed by atoms with Crippen LogP contribution in [0.25, 0.3) is 0 Å². The fourth-order valence-electron chi connectivity index (χ4n) is 4.36. The summed E-state index contributed by atoms with van der Waals surface area (Å²) in [4.78, 5) is 17.5.